The first-order valence-electron chi connectivity index (χ1n) is 5.13. The third-order valence-electron chi connectivity index (χ3n) is 2.13. The van der Waals surface area contributed by atoms with Gasteiger partial charge in [-0.3, -0.25) is 4.79 Å². The van der Waals surface area contributed by atoms with Gasteiger partial charge in [-0.1, -0.05) is 23.2 Å². The van der Waals surface area contributed by atoms with E-state index in [4.69, 9.17) is 27.6 Å². The fourth-order valence-corrected chi connectivity index (χ4v) is 1.60. The van der Waals surface area contributed by atoms with Crippen molar-refractivity contribution in [3.63, 3.8) is 0 Å². The number of carbonyl (C=O) groups excluding carboxylic acids is 1. The number of anilines is 1. The molecular formula is C13H9Cl2NO2. The molecule has 0 unspecified atom stereocenters. The highest BCUT2D eigenvalue weighted by molar-refractivity contribution is 6.42. The van der Waals surface area contributed by atoms with E-state index in [0.29, 0.717) is 21.5 Å². The molecule has 92 valence electrons. The number of benzene rings is 1. The van der Waals surface area contributed by atoms with E-state index >= 15 is 0 Å². The zero-order valence-corrected chi connectivity index (χ0v) is 10.7. The van der Waals surface area contributed by atoms with Gasteiger partial charge in [-0.05, 0) is 36.4 Å². The Morgan fingerprint density at radius 3 is 2.72 bits per heavy atom. The summed E-state index contributed by atoms with van der Waals surface area (Å²) in [5.74, 6) is 0.337. The number of rotatable bonds is 3. The van der Waals surface area contributed by atoms with E-state index in [-0.39, 0.29) is 5.91 Å². The number of nitrogens with one attached hydrogen (secondary N) is 1. The molecule has 0 aliphatic heterocycles. The average molecular weight is 282 g/mol. The van der Waals surface area contributed by atoms with Gasteiger partial charge >= 0.3 is 0 Å². The number of halogens is 2. The van der Waals surface area contributed by atoms with Crippen molar-refractivity contribution in [3.8, 4) is 0 Å². The molecule has 0 aliphatic rings. The molecule has 1 aromatic heterocycles. The van der Waals surface area contributed by atoms with Crippen molar-refractivity contribution in [1.82, 2.24) is 0 Å². The minimum absolute atomic E-state index is 0.273. The van der Waals surface area contributed by atoms with Gasteiger partial charge in [0.25, 0.3) is 0 Å². The largest absolute Gasteiger partial charge is 0.465 e. The summed E-state index contributed by atoms with van der Waals surface area (Å²) in [5.41, 5.74) is 0.582. The van der Waals surface area contributed by atoms with Gasteiger partial charge in [0, 0.05) is 11.8 Å². The minimum Gasteiger partial charge on any atom is -0.465 e. The second-order valence-electron chi connectivity index (χ2n) is 3.47. The smallest absolute Gasteiger partial charge is 0.248 e. The van der Waals surface area contributed by atoms with E-state index in [9.17, 15) is 4.79 Å². The highest BCUT2D eigenvalue weighted by Gasteiger charge is 2.02. The Bertz CT molecular complexity index is 577. The third-order valence-corrected chi connectivity index (χ3v) is 2.87. The zero-order valence-electron chi connectivity index (χ0n) is 9.19. The highest BCUT2D eigenvalue weighted by atomic mass is 35.5. The van der Waals surface area contributed by atoms with Crippen LogP contribution in [0, 0.1) is 0 Å². The maximum absolute atomic E-state index is 11.6. The van der Waals surface area contributed by atoms with Crippen LogP contribution < -0.4 is 5.32 Å². The molecule has 0 atom stereocenters. The molecule has 0 fully saturated rings. The maximum Gasteiger partial charge on any atom is 0.248 e. The predicted molar refractivity (Wildman–Crippen MR) is 72.8 cm³/mol. The lowest BCUT2D eigenvalue weighted by molar-refractivity contribution is -0.111. The molecule has 1 N–H and O–H groups in total. The van der Waals surface area contributed by atoms with Crippen molar-refractivity contribution in [2.24, 2.45) is 0 Å². The first-order valence-corrected chi connectivity index (χ1v) is 5.88. The summed E-state index contributed by atoms with van der Waals surface area (Å²) in [7, 11) is 0. The monoisotopic (exact) mass is 281 g/mol. The molecule has 0 aliphatic carbocycles. The van der Waals surface area contributed by atoms with Crippen LogP contribution in [-0.4, -0.2) is 5.91 Å². The van der Waals surface area contributed by atoms with E-state index in [1.54, 1.807) is 36.4 Å². The van der Waals surface area contributed by atoms with Gasteiger partial charge in [-0.2, -0.15) is 0 Å². The zero-order chi connectivity index (χ0) is 13.0. The van der Waals surface area contributed by atoms with Gasteiger partial charge in [0.15, 0.2) is 0 Å². The molecular weight excluding hydrogens is 273 g/mol. The molecule has 1 amide bonds. The molecule has 0 bridgehead atoms. The Morgan fingerprint density at radius 1 is 1.22 bits per heavy atom. The fourth-order valence-electron chi connectivity index (χ4n) is 1.30. The summed E-state index contributed by atoms with van der Waals surface area (Å²) in [6.45, 7) is 0. The summed E-state index contributed by atoms with van der Waals surface area (Å²) in [4.78, 5) is 11.6. The first-order chi connectivity index (χ1) is 8.65. The van der Waals surface area contributed by atoms with Gasteiger partial charge in [-0.25, -0.2) is 0 Å². The number of furan rings is 1. The SMILES string of the molecule is O=C(/C=C/c1ccco1)Nc1ccc(Cl)c(Cl)c1. The normalized spacial score (nSPS) is 10.8. The van der Waals surface area contributed by atoms with Crippen LogP contribution in [-0.2, 0) is 4.79 Å². The van der Waals surface area contributed by atoms with E-state index in [1.807, 2.05) is 0 Å². The molecule has 0 saturated heterocycles. The summed E-state index contributed by atoms with van der Waals surface area (Å²) in [6, 6.07) is 8.38. The standard InChI is InChI=1S/C13H9Cl2NO2/c14-11-5-3-9(8-12(11)15)16-13(17)6-4-10-2-1-7-18-10/h1-8H,(H,16,17)/b6-4+. The molecule has 2 rings (SSSR count). The second kappa shape index (κ2) is 5.76. The second-order valence-corrected chi connectivity index (χ2v) is 4.28. The van der Waals surface area contributed by atoms with E-state index in [0.717, 1.165) is 0 Å². The lowest BCUT2D eigenvalue weighted by Crippen LogP contribution is -2.07. The number of amides is 1. The lowest BCUT2D eigenvalue weighted by Gasteiger charge is -2.03. The Morgan fingerprint density at radius 2 is 2.06 bits per heavy atom. The van der Waals surface area contributed by atoms with Crippen LogP contribution in [0.4, 0.5) is 5.69 Å². The Labute approximate surface area is 114 Å². The summed E-state index contributed by atoms with van der Waals surface area (Å²) in [6.07, 6.45) is 4.49. The molecule has 3 nitrogen and oxygen atoms in total. The van der Waals surface area contributed by atoms with Crippen molar-refractivity contribution in [2.75, 3.05) is 5.32 Å². The fraction of sp³-hybridized carbons (Fsp3) is 0. The topological polar surface area (TPSA) is 42.2 Å². The van der Waals surface area contributed by atoms with Crippen LogP contribution in [0.2, 0.25) is 10.0 Å². The molecule has 0 saturated carbocycles. The van der Waals surface area contributed by atoms with Crippen molar-refractivity contribution in [3.05, 3.63) is 58.5 Å². The van der Waals surface area contributed by atoms with Gasteiger partial charge in [-0.15, -0.1) is 0 Å². The number of hydrogen-bond donors (Lipinski definition) is 1. The number of hydrogen-bond acceptors (Lipinski definition) is 2. The quantitative estimate of drug-likeness (QED) is 0.855. The van der Waals surface area contributed by atoms with Crippen LogP contribution in [0.25, 0.3) is 6.08 Å². The Hall–Kier alpha value is -1.71. The molecule has 0 spiro atoms. The number of carbonyl (C=O) groups is 1. The molecule has 1 aromatic carbocycles. The minimum atomic E-state index is -0.273. The van der Waals surface area contributed by atoms with Crippen molar-refractivity contribution >= 4 is 40.9 Å². The van der Waals surface area contributed by atoms with Crippen molar-refractivity contribution < 1.29 is 9.21 Å². The van der Waals surface area contributed by atoms with Crippen molar-refractivity contribution in [1.29, 1.82) is 0 Å². The molecule has 5 heteroatoms. The van der Waals surface area contributed by atoms with Crippen molar-refractivity contribution in [2.45, 2.75) is 0 Å². The third kappa shape index (κ3) is 3.39. The Kier molecular flexibility index (Phi) is 4.07. The van der Waals surface area contributed by atoms with E-state index < -0.39 is 0 Å². The van der Waals surface area contributed by atoms with Crippen LogP contribution in [0.15, 0.2) is 47.1 Å². The van der Waals surface area contributed by atoms with Gasteiger partial charge < -0.3 is 9.73 Å². The molecule has 18 heavy (non-hydrogen) atoms. The first kappa shape index (κ1) is 12.7. The average Bonchev–Trinajstić information content (AvgIpc) is 2.84. The van der Waals surface area contributed by atoms with Gasteiger partial charge in [0.05, 0.1) is 16.3 Å². The molecule has 1 heterocycles. The molecule has 2 aromatic rings. The van der Waals surface area contributed by atoms with Gasteiger partial charge in [0.1, 0.15) is 5.76 Å². The predicted octanol–water partition coefficient (Wildman–Crippen LogP) is 4.24. The van der Waals surface area contributed by atoms with Crippen LogP contribution >= 0.6 is 23.2 Å². The van der Waals surface area contributed by atoms with Crippen LogP contribution in [0.3, 0.4) is 0 Å². The van der Waals surface area contributed by atoms with E-state index in [2.05, 4.69) is 5.32 Å². The molecule has 0 radical (unpaired) electrons. The summed E-state index contributed by atoms with van der Waals surface area (Å²) < 4.78 is 5.06. The highest BCUT2D eigenvalue weighted by Crippen LogP contribution is 2.24. The maximum atomic E-state index is 11.6. The summed E-state index contributed by atoms with van der Waals surface area (Å²) >= 11 is 11.6. The van der Waals surface area contributed by atoms with Crippen LogP contribution in [0.1, 0.15) is 5.76 Å². The Balaban J connectivity index is 2.01. The van der Waals surface area contributed by atoms with E-state index in [1.165, 1.54) is 12.3 Å². The lowest BCUT2D eigenvalue weighted by atomic mass is 10.3. The van der Waals surface area contributed by atoms with Gasteiger partial charge in [0.2, 0.25) is 5.91 Å². The van der Waals surface area contributed by atoms with Crippen LogP contribution in [0.5, 0.6) is 0 Å². The summed E-state index contributed by atoms with van der Waals surface area (Å²) in [5, 5.41) is 3.50.